The second-order valence-corrected chi connectivity index (χ2v) is 5.30. The zero-order chi connectivity index (χ0) is 13.5. The van der Waals surface area contributed by atoms with Crippen LogP contribution in [0.15, 0.2) is 12.7 Å². The van der Waals surface area contributed by atoms with Crippen LogP contribution in [0.1, 0.15) is 27.7 Å². The van der Waals surface area contributed by atoms with Crippen molar-refractivity contribution in [3.8, 4) is 0 Å². The van der Waals surface area contributed by atoms with Gasteiger partial charge in [0, 0.05) is 11.6 Å². The number of nitrogens with two attached hydrogens (primary N) is 1. The summed E-state index contributed by atoms with van der Waals surface area (Å²) < 4.78 is 15.5. The summed E-state index contributed by atoms with van der Waals surface area (Å²) >= 11 is 0. The second kappa shape index (κ2) is 7.07. The Morgan fingerprint density at radius 2 is 1.94 bits per heavy atom. The summed E-state index contributed by atoms with van der Waals surface area (Å²) in [4.78, 5) is 10.7. The van der Waals surface area contributed by atoms with Gasteiger partial charge in [-0.2, -0.15) is 0 Å². The van der Waals surface area contributed by atoms with Crippen LogP contribution in [0, 0.1) is 0 Å². The summed E-state index contributed by atoms with van der Waals surface area (Å²) in [6.45, 7) is 11.4. The molecule has 17 heavy (non-hydrogen) atoms. The minimum atomic E-state index is -0.483. The van der Waals surface area contributed by atoms with E-state index < -0.39 is 17.1 Å². The van der Waals surface area contributed by atoms with E-state index in [0.29, 0.717) is 6.61 Å². The van der Waals surface area contributed by atoms with Crippen molar-refractivity contribution in [2.45, 2.75) is 38.8 Å². The summed E-state index contributed by atoms with van der Waals surface area (Å²) in [6.07, 6.45) is 1.11. The molecule has 6 heteroatoms. The van der Waals surface area contributed by atoms with E-state index in [4.69, 9.17) is 19.5 Å². The molecule has 1 unspecified atom stereocenters. The van der Waals surface area contributed by atoms with Crippen LogP contribution in [0.2, 0.25) is 0 Å². The molecule has 5 nitrogen and oxygen atoms in total. The number of rotatable bonds is 8. The van der Waals surface area contributed by atoms with Gasteiger partial charge in [-0.15, -0.1) is 0 Å². The number of ether oxygens (including phenoxy) is 1. The van der Waals surface area contributed by atoms with Gasteiger partial charge in [0.15, 0.2) is 9.03 Å². The SMILES string of the molecule is C=CC(=O)OCCOPOC(C)(C)C(C)(C)N. The predicted molar refractivity (Wildman–Crippen MR) is 68.9 cm³/mol. The van der Waals surface area contributed by atoms with Gasteiger partial charge in [0.1, 0.15) is 6.61 Å². The van der Waals surface area contributed by atoms with Crippen molar-refractivity contribution in [1.82, 2.24) is 0 Å². The summed E-state index contributed by atoms with van der Waals surface area (Å²) in [5.74, 6) is -0.457. The van der Waals surface area contributed by atoms with Crippen LogP contribution in [0.3, 0.4) is 0 Å². The first kappa shape index (κ1) is 16.5. The average Bonchev–Trinajstić information content (AvgIpc) is 2.21. The van der Waals surface area contributed by atoms with Crippen LogP contribution in [-0.2, 0) is 18.6 Å². The van der Waals surface area contributed by atoms with E-state index in [1.807, 2.05) is 27.7 Å². The van der Waals surface area contributed by atoms with Crippen LogP contribution >= 0.6 is 9.03 Å². The van der Waals surface area contributed by atoms with Crippen LogP contribution < -0.4 is 5.73 Å². The standard InChI is InChI=1S/C11H22NO4P/c1-6-9(13)14-7-8-15-17-16-11(4,5)10(2,3)12/h6,17H,1,7-8,12H2,2-5H3. The van der Waals surface area contributed by atoms with Gasteiger partial charge in [0.05, 0.1) is 12.2 Å². The fourth-order valence-corrected chi connectivity index (χ4v) is 1.25. The number of carbonyl (C=O) groups excluding carboxylic acids is 1. The molecular formula is C11H22NO4P. The molecule has 0 saturated heterocycles. The second-order valence-electron chi connectivity index (χ2n) is 4.64. The maximum Gasteiger partial charge on any atom is 0.330 e. The first-order valence-corrected chi connectivity index (χ1v) is 6.15. The van der Waals surface area contributed by atoms with E-state index in [0.717, 1.165) is 6.08 Å². The smallest absolute Gasteiger partial charge is 0.330 e. The molecule has 0 radical (unpaired) electrons. The maximum atomic E-state index is 10.7. The van der Waals surface area contributed by atoms with Gasteiger partial charge in [0.2, 0.25) is 0 Å². The normalized spacial score (nSPS) is 13.0. The molecule has 0 spiro atoms. The van der Waals surface area contributed by atoms with Gasteiger partial charge in [-0.25, -0.2) is 4.79 Å². The van der Waals surface area contributed by atoms with Crippen LogP contribution in [0.4, 0.5) is 0 Å². The number of hydrogen-bond donors (Lipinski definition) is 1. The highest BCUT2D eigenvalue weighted by molar-refractivity contribution is 7.26. The molecule has 0 bridgehead atoms. The number of hydrogen-bond acceptors (Lipinski definition) is 5. The lowest BCUT2D eigenvalue weighted by atomic mass is 9.87. The Labute approximate surface area is 105 Å². The van der Waals surface area contributed by atoms with E-state index >= 15 is 0 Å². The first-order chi connectivity index (χ1) is 7.70. The van der Waals surface area contributed by atoms with Gasteiger partial charge in [-0.3, -0.25) is 0 Å². The molecule has 0 saturated carbocycles. The Kier molecular flexibility index (Phi) is 6.87. The zero-order valence-electron chi connectivity index (χ0n) is 10.9. The molecule has 0 aliphatic heterocycles. The molecule has 0 aromatic heterocycles. The monoisotopic (exact) mass is 263 g/mol. The van der Waals surface area contributed by atoms with Gasteiger partial charge in [-0.05, 0) is 27.7 Å². The van der Waals surface area contributed by atoms with Crippen LogP contribution in [0.5, 0.6) is 0 Å². The molecule has 0 rings (SSSR count). The number of carbonyl (C=O) groups is 1. The molecule has 0 aromatic carbocycles. The molecule has 0 aromatic rings. The fourth-order valence-electron chi connectivity index (χ4n) is 0.550. The molecule has 2 N–H and O–H groups in total. The highest BCUT2D eigenvalue weighted by Gasteiger charge is 2.34. The lowest BCUT2D eigenvalue weighted by Gasteiger charge is -2.37. The lowest BCUT2D eigenvalue weighted by molar-refractivity contribution is -0.138. The van der Waals surface area contributed by atoms with Crippen LogP contribution in [-0.4, -0.2) is 30.3 Å². The van der Waals surface area contributed by atoms with Crippen molar-refractivity contribution >= 4 is 15.0 Å². The molecule has 0 aliphatic carbocycles. The van der Waals surface area contributed by atoms with Crippen molar-refractivity contribution in [3.63, 3.8) is 0 Å². The third-order valence-corrected chi connectivity index (χ3v) is 3.42. The minimum Gasteiger partial charge on any atom is -0.460 e. The van der Waals surface area contributed by atoms with Crippen LogP contribution in [0.25, 0.3) is 0 Å². The largest absolute Gasteiger partial charge is 0.460 e. The first-order valence-electron chi connectivity index (χ1n) is 5.33. The van der Waals surface area contributed by atoms with Gasteiger partial charge < -0.3 is 19.5 Å². The van der Waals surface area contributed by atoms with Crippen molar-refractivity contribution in [2.75, 3.05) is 13.2 Å². The fraction of sp³-hybridized carbons (Fsp3) is 0.727. The topological polar surface area (TPSA) is 70.8 Å². The Balaban J connectivity index is 3.65. The summed E-state index contributed by atoms with van der Waals surface area (Å²) in [7, 11) is -0.136. The predicted octanol–water partition coefficient (Wildman–Crippen LogP) is 1.77. The molecule has 0 amide bonds. The Morgan fingerprint density at radius 1 is 1.35 bits per heavy atom. The molecule has 0 aliphatic rings. The molecular weight excluding hydrogens is 241 g/mol. The average molecular weight is 263 g/mol. The molecule has 1 atom stereocenters. The molecule has 0 fully saturated rings. The number of esters is 1. The summed E-state index contributed by atoms with van der Waals surface area (Å²) in [5, 5.41) is 0. The van der Waals surface area contributed by atoms with Gasteiger partial charge in [-0.1, -0.05) is 6.58 Å². The van der Waals surface area contributed by atoms with E-state index in [1.165, 1.54) is 0 Å². The molecule has 100 valence electrons. The van der Waals surface area contributed by atoms with Gasteiger partial charge in [0.25, 0.3) is 0 Å². The third-order valence-electron chi connectivity index (χ3n) is 2.50. The van der Waals surface area contributed by atoms with E-state index in [2.05, 4.69) is 6.58 Å². The highest BCUT2D eigenvalue weighted by atomic mass is 31.1. The Hall–Kier alpha value is -0.480. The van der Waals surface area contributed by atoms with E-state index in [1.54, 1.807) is 0 Å². The zero-order valence-corrected chi connectivity index (χ0v) is 11.9. The summed E-state index contributed by atoms with van der Waals surface area (Å²) in [5.41, 5.74) is 5.01. The van der Waals surface area contributed by atoms with Crippen molar-refractivity contribution in [1.29, 1.82) is 0 Å². The van der Waals surface area contributed by atoms with Crippen molar-refractivity contribution < 1.29 is 18.6 Å². The summed E-state index contributed by atoms with van der Waals surface area (Å²) in [6, 6.07) is 0. The Bertz CT molecular complexity index is 261. The van der Waals surface area contributed by atoms with Crippen molar-refractivity contribution in [2.24, 2.45) is 5.73 Å². The third kappa shape index (κ3) is 6.74. The maximum absolute atomic E-state index is 10.7. The molecule has 0 heterocycles. The minimum absolute atomic E-state index is 0.136. The Morgan fingerprint density at radius 3 is 2.41 bits per heavy atom. The van der Waals surface area contributed by atoms with Gasteiger partial charge >= 0.3 is 5.97 Å². The van der Waals surface area contributed by atoms with Crippen molar-refractivity contribution in [3.05, 3.63) is 12.7 Å². The lowest BCUT2D eigenvalue weighted by Crippen LogP contribution is -2.53. The van der Waals surface area contributed by atoms with E-state index in [-0.39, 0.29) is 15.6 Å². The highest BCUT2D eigenvalue weighted by Crippen LogP contribution is 2.31. The van der Waals surface area contributed by atoms with E-state index in [9.17, 15) is 4.79 Å². The quantitative estimate of drug-likeness (QED) is 0.313.